The summed E-state index contributed by atoms with van der Waals surface area (Å²) >= 11 is 0. The van der Waals surface area contributed by atoms with Crippen LogP contribution in [0.4, 0.5) is 0 Å². The third-order valence-corrected chi connectivity index (χ3v) is 2.15. The third kappa shape index (κ3) is 5.62. The van der Waals surface area contributed by atoms with Crippen molar-refractivity contribution in [2.24, 2.45) is 0 Å². The Bertz CT molecular complexity index is 153. The first kappa shape index (κ1) is 12.4. The van der Waals surface area contributed by atoms with Crippen molar-refractivity contribution in [1.29, 1.82) is 5.26 Å². The number of rotatable bonds is 7. The summed E-state index contributed by atoms with van der Waals surface area (Å²) in [4.78, 5) is 2.19. The van der Waals surface area contributed by atoms with Crippen LogP contribution in [0, 0.1) is 11.3 Å². The highest BCUT2D eigenvalue weighted by molar-refractivity contribution is 4.79. The Morgan fingerprint density at radius 3 is 2.69 bits per heavy atom. The molecule has 0 spiro atoms. The SMILES string of the molecule is CCCN(CC#N)C(C)CCOC. The van der Waals surface area contributed by atoms with Gasteiger partial charge in [-0.05, 0) is 26.3 Å². The molecule has 0 heterocycles. The Morgan fingerprint density at radius 1 is 1.54 bits per heavy atom. The Labute approximate surface area is 81.3 Å². The predicted molar refractivity (Wildman–Crippen MR) is 53.4 cm³/mol. The predicted octanol–water partition coefficient (Wildman–Crippen LogP) is 1.65. The van der Waals surface area contributed by atoms with Crippen molar-refractivity contribution < 1.29 is 4.74 Å². The van der Waals surface area contributed by atoms with Gasteiger partial charge in [-0.25, -0.2) is 0 Å². The van der Waals surface area contributed by atoms with Gasteiger partial charge in [0, 0.05) is 19.8 Å². The fourth-order valence-electron chi connectivity index (χ4n) is 1.30. The molecule has 0 fully saturated rings. The molecule has 0 saturated heterocycles. The van der Waals surface area contributed by atoms with Crippen LogP contribution < -0.4 is 0 Å². The Hall–Kier alpha value is -0.590. The van der Waals surface area contributed by atoms with Gasteiger partial charge in [0.05, 0.1) is 12.6 Å². The number of methoxy groups -OCH3 is 1. The molecule has 0 N–H and O–H groups in total. The van der Waals surface area contributed by atoms with E-state index < -0.39 is 0 Å². The van der Waals surface area contributed by atoms with Gasteiger partial charge in [0.2, 0.25) is 0 Å². The number of hydrogen-bond acceptors (Lipinski definition) is 3. The van der Waals surface area contributed by atoms with Crippen molar-refractivity contribution in [3.63, 3.8) is 0 Å². The summed E-state index contributed by atoms with van der Waals surface area (Å²) in [6.45, 7) is 6.57. The molecule has 1 unspecified atom stereocenters. The standard InChI is InChI=1S/C10H20N2O/c1-4-7-12(8-6-11)10(2)5-9-13-3/h10H,4-5,7-9H2,1-3H3. The monoisotopic (exact) mass is 184 g/mol. The van der Waals surface area contributed by atoms with Gasteiger partial charge >= 0.3 is 0 Å². The molecule has 0 radical (unpaired) electrons. The lowest BCUT2D eigenvalue weighted by Gasteiger charge is -2.25. The second-order valence-corrected chi connectivity index (χ2v) is 3.26. The van der Waals surface area contributed by atoms with Crippen LogP contribution in [0.15, 0.2) is 0 Å². The van der Waals surface area contributed by atoms with Crippen molar-refractivity contribution >= 4 is 0 Å². The molecule has 3 nitrogen and oxygen atoms in total. The van der Waals surface area contributed by atoms with Crippen molar-refractivity contribution in [3.8, 4) is 6.07 Å². The highest BCUT2D eigenvalue weighted by atomic mass is 16.5. The van der Waals surface area contributed by atoms with Gasteiger partial charge in [-0.3, -0.25) is 4.90 Å². The van der Waals surface area contributed by atoms with Crippen LogP contribution >= 0.6 is 0 Å². The molecule has 0 aromatic carbocycles. The molecule has 0 aliphatic rings. The second-order valence-electron chi connectivity index (χ2n) is 3.26. The van der Waals surface area contributed by atoms with E-state index in [2.05, 4.69) is 24.8 Å². The molecule has 0 aromatic heterocycles. The highest BCUT2D eigenvalue weighted by Gasteiger charge is 2.11. The molecule has 0 amide bonds. The molecule has 0 aliphatic heterocycles. The Morgan fingerprint density at radius 2 is 2.23 bits per heavy atom. The van der Waals surface area contributed by atoms with Crippen LogP contribution in [-0.4, -0.2) is 37.7 Å². The molecule has 0 aromatic rings. The minimum Gasteiger partial charge on any atom is -0.385 e. The summed E-state index contributed by atoms with van der Waals surface area (Å²) in [5.41, 5.74) is 0. The van der Waals surface area contributed by atoms with Crippen LogP contribution in [0.5, 0.6) is 0 Å². The lowest BCUT2D eigenvalue weighted by atomic mass is 10.2. The fourth-order valence-corrected chi connectivity index (χ4v) is 1.30. The summed E-state index contributed by atoms with van der Waals surface area (Å²) in [7, 11) is 1.71. The maximum atomic E-state index is 8.61. The number of hydrogen-bond donors (Lipinski definition) is 0. The molecule has 1 atom stereocenters. The molecule has 0 rings (SSSR count). The van der Waals surface area contributed by atoms with Gasteiger partial charge in [-0.15, -0.1) is 0 Å². The first-order valence-electron chi connectivity index (χ1n) is 4.86. The van der Waals surface area contributed by atoms with Crippen molar-refractivity contribution in [2.75, 3.05) is 26.8 Å². The molecule has 0 saturated carbocycles. The molecule has 13 heavy (non-hydrogen) atoms. The number of nitrogens with zero attached hydrogens (tertiary/aromatic N) is 2. The van der Waals surface area contributed by atoms with E-state index in [1.165, 1.54) is 0 Å². The molecular weight excluding hydrogens is 164 g/mol. The lowest BCUT2D eigenvalue weighted by Crippen LogP contribution is -2.34. The average Bonchev–Trinajstić information content (AvgIpc) is 2.14. The maximum absolute atomic E-state index is 8.61. The summed E-state index contributed by atoms with van der Waals surface area (Å²) < 4.78 is 5.01. The van der Waals surface area contributed by atoms with E-state index in [1.54, 1.807) is 7.11 Å². The quantitative estimate of drug-likeness (QED) is 0.564. The van der Waals surface area contributed by atoms with Gasteiger partial charge in [0.1, 0.15) is 0 Å². The summed E-state index contributed by atoms with van der Waals surface area (Å²) in [6, 6.07) is 2.64. The first-order chi connectivity index (χ1) is 6.26. The zero-order valence-corrected chi connectivity index (χ0v) is 8.92. The summed E-state index contributed by atoms with van der Waals surface area (Å²) in [6.07, 6.45) is 2.09. The Kier molecular flexibility index (Phi) is 7.66. The van der Waals surface area contributed by atoms with Gasteiger partial charge < -0.3 is 4.74 Å². The zero-order valence-electron chi connectivity index (χ0n) is 8.92. The van der Waals surface area contributed by atoms with E-state index in [0.29, 0.717) is 12.6 Å². The first-order valence-corrected chi connectivity index (χ1v) is 4.86. The van der Waals surface area contributed by atoms with Gasteiger partial charge in [0.25, 0.3) is 0 Å². The van der Waals surface area contributed by atoms with Gasteiger partial charge in [0.15, 0.2) is 0 Å². The lowest BCUT2D eigenvalue weighted by molar-refractivity contribution is 0.146. The van der Waals surface area contributed by atoms with Gasteiger partial charge in [-0.1, -0.05) is 6.92 Å². The van der Waals surface area contributed by atoms with E-state index in [9.17, 15) is 0 Å². The number of nitriles is 1. The number of ether oxygens (including phenoxy) is 1. The van der Waals surface area contributed by atoms with Crippen molar-refractivity contribution in [3.05, 3.63) is 0 Å². The van der Waals surface area contributed by atoms with E-state index in [0.717, 1.165) is 26.0 Å². The Balaban J connectivity index is 3.81. The molecule has 0 aliphatic carbocycles. The normalized spacial score (nSPS) is 12.8. The molecule has 3 heteroatoms. The summed E-state index contributed by atoms with van der Waals surface area (Å²) in [5.74, 6) is 0. The van der Waals surface area contributed by atoms with Gasteiger partial charge in [-0.2, -0.15) is 5.26 Å². The van der Waals surface area contributed by atoms with E-state index >= 15 is 0 Å². The minimum atomic E-state index is 0.444. The van der Waals surface area contributed by atoms with Crippen LogP contribution in [0.2, 0.25) is 0 Å². The minimum absolute atomic E-state index is 0.444. The average molecular weight is 184 g/mol. The molecule has 0 bridgehead atoms. The van der Waals surface area contributed by atoms with E-state index in [-0.39, 0.29) is 0 Å². The van der Waals surface area contributed by atoms with Crippen LogP contribution in [0.25, 0.3) is 0 Å². The molecule has 76 valence electrons. The third-order valence-electron chi connectivity index (χ3n) is 2.15. The van der Waals surface area contributed by atoms with E-state index in [4.69, 9.17) is 10.00 Å². The topological polar surface area (TPSA) is 36.3 Å². The van der Waals surface area contributed by atoms with Crippen molar-refractivity contribution in [2.45, 2.75) is 32.7 Å². The largest absolute Gasteiger partial charge is 0.385 e. The summed E-state index contributed by atoms with van der Waals surface area (Å²) in [5, 5.41) is 8.61. The fraction of sp³-hybridized carbons (Fsp3) is 0.900. The van der Waals surface area contributed by atoms with E-state index in [1.807, 2.05) is 0 Å². The smallest absolute Gasteiger partial charge is 0.0868 e. The highest BCUT2D eigenvalue weighted by Crippen LogP contribution is 2.04. The van der Waals surface area contributed by atoms with Crippen LogP contribution in [-0.2, 0) is 4.74 Å². The van der Waals surface area contributed by atoms with Crippen LogP contribution in [0.3, 0.4) is 0 Å². The maximum Gasteiger partial charge on any atom is 0.0868 e. The van der Waals surface area contributed by atoms with Crippen LogP contribution in [0.1, 0.15) is 26.7 Å². The van der Waals surface area contributed by atoms with Crippen molar-refractivity contribution in [1.82, 2.24) is 4.90 Å². The second kappa shape index (κ2) is 8.03. The molecular formula is C10H20N2O. The zero-order chi connectivity index (χ0) is 10.1.